The van der Waals surface area contributed by atoms with E-state index in [0.29, 0.717) is 19.4 Å². The minimum atomic E-state index is -3.87. The second-order valence-electron chi connectivity index (χ2n) is 4.06. The van der Waals surface area contributed by atoms with Crippen LogP contribution in [0, 0.1) is 5.82 Å². The fraction of sp³-hybridized carbons (Fsp3) is 0.364. The first-order valence-electron chi connectivity index (χ1n) is 5.55. The van der Waals surface area contributed by atoms with Gasteiger partial charge in [0.1, 0.15) is 11.9 Å². The van der Waals surface area contributed by atoms with Gasteiger partial charge >= 0.3 is 0 Å². The quantitative estimate of drug-likeness (QED) is 0.835. The SMILES string of the molecule is O=C1NCCC[C@@H]1NS(=O)(=O)c1cccc(F)c1. The van der Waals surface area contributed by atoms with Crippen molar-refractivity contribution in [2.75, 3.05) is 6.54 Å². The molecule has 2 N–H and O–H groups in total. The molecule has 1 saturated heterocycles. The number of halogens is 1. The number of benzene rings is 1. The molecule has 1 aromatic carbocycles. The van der Waals surface area contributed by atoms with E-state index in [0.717, 1.165) is 12.1 Å². The molecule has 1 atom stereocenters. The minimum Gasteiger partial charge on any atom is -0.355 e. The van der Waals surface area contributed by atoms with Crippen LogP contribution in [0.15, 0.2) is 29.2 Å². The molecule has 7 heteroatoms. The van der Waals surface area contributed by atoms with Gasteiger partial charge in [0.2, 0.25) is 15.9 Å². The summed E-state index contributed by atoms with van der Waals surface area (Å²) in [6.07, 6.45) is 1.16. The summed E-state index contributed by atoms with van der Waals surface area (Å²) in [5.74, 6) is -0.979. The third kappa shape index (κ3) is 2.85. The van der Waals surface area contributed by atoms with E-state index in [2.05, 4.69) is 10.0 Å². The van der Waals surface area contributed by atoms with E-state index >= 15 is 0 Å². The van der Waals surface area contributed by atoms with Gasteiger partial charge in [-0.1, -0.05) is 6.07 Å². The first kappa shape index (κ1) is 13.0. The molecule has 1 amide bonds. The molecule has 98 valence electrons. The molecular weight excluding hydrogens is 259 g/mol. The first-order valence-corrected chi connectivity index (χ1v) is 7.03. The van der Waals surface area contributed by atoms with Crippen molar-refractivity contribution in [1.29, 1.82) is 0 Å². The van der Waals surface area contributed by atoms with E-state index in [4.69, 9.17) is 0 Å². The molecule has 0 spiro atoms. The van der Waals surface area contributed by atoms with Crippen molar-refractivity contribution in [3.8, 4) is 0 Å². The predicted molar refractivity (Wildman–Crippen MR) is 62.8 cm³/mol. The molecule has 0 saturated carbocycles. The maximum Gasteiger partial charge on any atom is 0.241 e. The smallest absolute Gasteiger partial charge is 0.241 e. The summed E-state index contributed by atoms with van der Waals surface area (Å²) in [7, 11) is -3.87. The zero-order valence-electron chi connectivity index (χ0n) is 9.52. The van der Waals surface area contributed by atoms with Gasteiger partial charge in [-0.2, -0.15) is 4.72 Å². The number of hydrogen-bond acceptors (Lipinski definition) is 3. The second kappa shape index (κ2) is 5.03. The molecule has 0 bridgehead atoms. The van der Waals surface area contributed by atoms with E-state index in [1.807, 2.05) is 0 Å². The van der Waals surface area contributed by atoms with Gasteiger partial charge in [0, 0.05) is 6.54 Å². The number of rotatable bonds is 3. The zero-order chi connectivity index (χ0) is 13.2. The third-order valence-electron chi connectivity index (χ3n) is 2.69. The lowest BCUT2D eigenvalue weighted by molar-refractivity contribution is -0.124. The average Bonchev–Trinajstić information content (AvgIpc) is 2.32. The van der Waals surface area contributed by atoms with Crippen molar-refractivity contribution in [1.82, 2.24) is 10.0 Å². The van der Waals surface area contributed by atoms with Crippen molar-refractivity contribution in [3.05, 3.63) is 30.1 Å². The van der Waals surface area contributed by atoms with Crippen molar-refractivity contribution >= 4 is 15.9 Å². The number of amides is 1. The Bertz CT molecular complexity index is 559. The van der Waals surface area contributed by atoms with Gasteiger partial charge in [-0.25, -0.2) is 12.8 Å². The van der Waals surface area contributed by atoms with E-state index in [1.54, 1.807) is 0 Å². The van der Waals surface area contributed by atoms with Crippen molar-refractivity contribution in [2.45, 2.75) is 23.8 Å². The van der Waals surface area contributed by atoms with Gasteiger partial charge in [-0.3, -0.25) is 4.79 Å². The zero-order valence-corrected chi connectivity index (χ0v) is 10.3. The fourth-order valence-corrected chi connectivity index (χ4v) is 3.03. The van der Waals surface area contributed by atoms with Crippen LogP contribution < -0.4 is 10.0 Å². The molecule has 0 radical (unpaired) electrons. The Morgan fingerprint density at radius 3 is 2.83 bits per heavy atom. The molecule has 1 heterocycles. The van der Waals surface area contributed by atoms with Gasteiger partial charge in [0.05, 0.1) is 4.90 Å². The van der Waals surface area contributed by atoms with Crippen LogP contribution in [0.25, 0.3) is 0 Å². The van der Waals surface area contributed by atoms with Crippen LogP contribution in [0.2, 0.25) is 0 Å². The maximum atomic E-state index is 13.0. The van der Waals surface area contributed by atoms with Gasteiger partial charge in [0.15, 0.2) is 0 Å². The van der Waals surface area contributed by atoms with E-state index in [1.165, 1.54) is 12.1 Å². The number of sulfonamides is 1. The Labute approximate surface area is 104 Å². The highest BCUT2D eigenvalue weighted by molar-refractivity contribution is 7.89. The highest BCUT2D eigenvalue weighted by Crippen LogP contribution is 2.13. The van der Waals surface area contributed by atoms with Crippen LogP contribution in [-0.2, 0) is 14.8 Å². The average molecular weight is 272 g/mol. The van der Waals surface area contributed by atoms with Crippen molar-refractivity contribution < 1.29 is 17.6 Å². The number of hydrogen-bond donors (Lipinski definition) is 2. The van der Waals surface area contributed by atoms with Crippen LogP contribution >= 0.6 is 0 Å². The summed E-state index contributed by atoms with van der Waals surface area (Å²) in [5, 5.41) is 2.58. The Balaban J connectivity index is 2.19. The van der Waals surface area contributed by atoms with Crippen LogP contribution in [0.1, 0.15) is 12.8 Å². The molecule has 1 fully saturated rings. The maximum absolute atomic E-state index is 13.0. The summed E-state index contributed by atoms with van der Waals surface area (Å²) in [6, 6.07) is 3.89. The van der Waals surface area contributed by atoms with Crippen LogP contribution in [0.3, 0.4) is 0 Å². The Morgan fingerprint density at radius 2 is 2.17 bits per heavy atom. The lowest BCUT2D eigenvalue weighted by Gasteiger charge is -2.22. The lowest BCUT2D eigenvalue weighted by Crippen LogP contribution is -2.50. The highest BCUT2D eigenvalue weighted by Gasteiger charge is 2.27. The monoisotopic (exact) mass is 272 g/mol. The molecule has 0 aliphatic carbocycles. The Hall–Kier alpha value is -1.47. The highest BCUT2D eigenvalue weighted by atomic mass is 32.2. The molecular formula is C11H13FN2O3S. The Morgan fingerprint density at radius 1 is 1.39 bits per heavy atom. The molecule has 1 aliphatic heterocycles. The van der Waals surface area contributed by atoms with Gasteiger partial charge in [0.25, 0.3) is 0 Å². The summed E-state index contributed by atoms with van der Waals surface area (Å²) < 4.78 is 39.1. The largest absolute Gasteiger partial charge is 0.355 e. The molecule has 1 aromatic rings. The van der Waals surface area contributed by atoms with Gasteiger partial charge < -0.3 is 5.32 Å². The minimum absolute atomic E-state index is 0.180. The lowest BCUT2D eigenvalue weighted by atomic mass is 10.1. The molecule has 1 aliphatic rings. The van der Waals surface area contributed by atoms with Crippen LogP contribution in [-0.4, -0.2) is 26.9 Å². The van der Waals surface area contributed by atoms with E-state index in [9.17, 15) is 17.6 Å². The van der Waals surface area contributed by atoms with E-state index < -0.39 is 21.9 Å². The summed E-state index contributed by atoms with van der Waals surface area (Å²) in [5.41, 5.74) is 0. The second-order valence-corrected chi connectivity index (χ2v) is 5.78. The summed E-state index contributed by atoms with van der Waals surface area (Å²) in [6.45, 7) is 0.553. The van der Waals surface area contributed by atoms with Crippen molar-refractivity contribution in [3.63, 3.8) is 0 Å². The number of nitrogens with one attached hydrogen (secondary N) is 2. The van der Waals surface area contributed by atoms with Gasteiger partial charge in [-0.15, -0.1) is 0 Å². The topological polar surface area (TPSA) is 75.3 Å². The summed E-state index contributed by atoms with van der Waals surface area (Å²) in [4.78, 5) is 11.3. The van der Waals surface area contributed by atoms with Gasteiger partial charge in [-0.05, 0) is 31.0 Å². The predicted octanol–water partition coefficient (Wildman–Crippen LogP) is 0.383. The standard InChI is InChI=1S/C11H13FN2O3S/c12-8-3-1-4-9(7-8)18(16,17)14-10-5-2-6-13-11(10)15/h1,3-4,7,10,14H,2,5-6H2,(H,13,15)/t10-/m0/s1. The number of carbonyl (C=O) groups is 1. The number of carbonyl (C=O) groups excluding carboxylic acids is 1. The van der Waals surface area contributed by atoms with Crippen LogP contribution in [0.5, 0.6) is 0 Å². The molecule has 5 nitrogen and oxygen atoms in total. The van der Waals surface area contributed by atoms with Crippen LogP contribution in [0.4, 0.5) is 4.39 Å². The molecule has 18 heavy (non-hydrogen) atoms. The molecule has 0 aromatic heterocycles. The fourth-order valence-electron chi connectivity index (χ4n) is 1.77. The number of piperidine rings is 1. The first-order chi connectivity index (χ1) is 8.49. The molecule has 0 unspecified atom stereocenters. The normalized spacial score (nSPS) is 20.5. The van der Waals surface area contributed by atoms with E-state index in [-0.39, 0.29) is 10.8 Å². The molecule has 2 rings (SSSR count). The third-order valence-corrected chi connectivity index (χ3v) is 4.16. The summed E-state index contributed by atoms with van der Waals surface area (Å²) >= 11 is 0. The van der Waals surface area contributed by atoms with Crippen molar-refractivity contribution in [2.24, 2.45) is 0 Å². The Kier molecular flexibility index (Phi) is 3.63.